The zero-order valence-corrected chi connectivity index (χ0v) is 11.5. The van der Waals surface area contributed by atoms with Crippen LogP contribution in [0.3, 0.4) is 0 Å². The molecular formula is C13H24N4O. The summed E-state index contributed by atoms with van der Waals surface area (Å²) >= 11 is 0. The number of aliphatic hydroxyl groups excluding tert-OH is 1. The molecule has 1 aromatic rings. The fourth-order valence-electron chi connectivity index (χ4n) is 1.90. The van der Waals surface area contributed by atoms with Gasteiger partial charge >= 0.3 is 0 Å². The molecule has 0 amide bonds. The van der Waals surface area contributed by atoms with Crippen molar-refractivity contribution in [2.75, 3.05) is 24.2 Å². The average Bonchev–Trinajstić information content (AvgIpc) is 2.34. The predicted octanol–water partition coefficient (Wildman–Crippen LogP) is 1.83. The van der Waals surface area contributed by atoms with Crippen molar-refractivity contribution >= 4 is 11.6 Å². The van der Waals surface area contributed by atoms with Crippen LogP contribution in [0.1, 0.15) is 39.2 Å². The minimum absolute atomic E-state index is 0.119. The van der Waals surface area contributed by atoms with Crippen molar-refractivity contribution in [3.8, 4) is 0 Å². The third-order valence-corrected chi connectivity index (χ3v) is 3.08. The van der Waals surface area contributed by atoms with Gasteiger partial charge in [-0.2, -0.15) is 0 Å². The quantitative estimate of drug-likeness (QED) is 0.689. The van der Waals surface area contributed by atoms with E-state index in [0.717, 1.165) is 37.2 Å². The maximum Gasteiger partial charge on any atom is 0.134 e. The van der Waals surface area contributed by atoms with Crippen molar-refractivity contribution in [3.05, 3.63) is 11.9 Å². The summed E-state index contributed by atoms with van der Waals surface area (Å²) in [6.07, 6.45) is 4.09. The van der Waals surface area contributed by atoms with Crippen molar-refractivity contribution in [2.45, 2.75) is 40.0 Å². The lowest BCUT2D eigenvalue weighted by molar-refractivity contribution is 0.248. The molecule has 0 atom stereocenters. The van der Waals surface area contributed by atoms with E-state index in [0.29, 0.717) is 5.82 Å². The molecule has 1 aromatic heterocycles. The van der Waals surface area contributed by atoms with E-state index in [4.69, 9.17) is 10.8 Å². The van der Waals surface area contributed by atoms with Gasteiger partial charge in [0.1, 0.15) is 18.0 Å². The largest absolute Gasteiger partial charge is 0.396 e. The summed E-state index contributed by atoms with van der Waals surface area (Å²) in [7, 11) is 0. The van der Waals surface area contributed by atoms with E-state index in [1.54, 1.807) is 0 Å². The summed E-state index contributed by atoms with van der Waals surface area (Å²) in [5, 5.41) is 12.2. The topological polar surface area (TPSA) is 84.1 Å². The van der Waals surface area contributed by atoms with Gasteiger partial charge in [0, 0.05) is 18.7 Å². The SMILES string of the molecule is CCc1c(N)ncnc1NCC(C)(C)CCCO. The Morgan fingerprint density at radius 1 is 1.39 bits per heavy atom. The number of nitrogens with two attached hydrogens (primary N) is 1. The second kappa shape index (κ2) is 6.54. The summed E-state index contributed by atoms with van der Waals surface area (Å²) in [5.74, 6) is 1.37. The number of rotatable bonds is 7. The highest BCUT2D eigenvalue weighted by Crippen LogP contribution is 2.24. The summed E-state index contributed by atoms with van der Waals surface area (Å²) in [6, 6.07) is 0. The van der Waals surface area contributed by atoms with Crippen LogP contribution in [0.15, 0.2) is 6.33 Å². The van der Waals surface area contributed by atoms with E-state index >= 15 is 0 Å². The highest BCUT2D eigenvalue weighted by Gasteiger charge is 2.18. The molecule has 0 spiro atoms. The molecule has 5 heteroatoms. The van der Waals surface area contributed by atoms with Crippen LogP contribution in [0.4, 0.5) is 11.6 Å². The molecule has 1 rings (SSSR count). The molecule has 1 heterocycles. The minimum atomic E-state index is 0.119. The molecule has 5 nitrogen and oxygen atoms in total. The first-order valence-electron chi connectivity index (χ1n) is 6.44. The smallest absolute Gasteiger partial charge is 0.134 e. The Balaban J connectivity index is 2.65. The van der Waals surface area contributed by atoms with E-state index in [-0.39, 0.29) is 12.0 Å². The number of nitrogens with one attached hydrogen (secondary N) is 1. The number of hydrogen-bond donors (Lipinski definition) is 3. The van der Waals surface area contributed by atoms with Crippen molar-refractivity contribution in [1.29, 1.82) is 0 Å². The van der Waals surface area contributed by atoms with Crippen molar-refractivity contribution in [2.24, 2.45) is 5.41 Å². The predicted molar refractivity (Wildman–Crippen MR) is 74.4 cm³/mol. The first-order valence-corrected chi connectivity index (χ1v) is 6.44. The van der Waals surface area contributed by atoms with Gasteiger partial charge in [0.15, 0.2) is 0 Å². The van der Waals surface area contributed by atoms with E-state index in [1.165, 1.54) is 6.33 Å². The Morgan fingerprint density at radius 2 is 2.11 bits per heavy atom. The highest BCUT2D eigenvalue weighted by atomic mass is 16.2. The Morgan fingerprint density at radius 3 is 2.72 bits per heavy atom. The Labute approximate surface area is 109 Å². The third kappa shape index (κ3) is 4.14. The molecule has 0 aliphatic rings. The monoisotopic (exact) mass is 252 g/mol. The summed E-state index contributed by atoms with van der Waals surface area (Å²) in [5.41, 5.74) is 6.91. The number of hydrogen-bond acceptors (Lipinski definition) is 5. The van der Waals surface area contributed by atoms with Crippen LogP contribution in [0.25, 0.3) is 0 Å². The summed E-state index contributed by atoms with van der Waals surface area (Å²) in [4.78, 5) is 8.24. The van der Waals surface area contributed by atoms with Crippen LogP contribution in [0.5, 0.6) is 0 Å². The lowest BCUT2D eigenvalue weighted by atomic mass is 9.88. The van der Waals surface area contributed by atoms with Gasteiger partial charge in [-0.05, 0) is 24.7 Å². The molecule has 0 aromatic carbocycles. The number of aromatic nitrogens is 2. The second-order valence-corrected chi connectivity index (χ2v) is 5.28. The van der Waals surface area contributed by atoms with E-state index in [2.05, 4.69) is 29.1 Å². The third-order valence-electron chi connectivity index (χ3n) is 3.08. The molecule has 18 heavy (non-hydrogen) atoms. The number of aliphatic hydroxyl groups is 1. The van der Waals surface area contributed by atoms with Crippen LogP contribution in [-0.2, 0) is 6.42 Å². The van der Waals surface area contributed by atoms with Crippen molar-refractivity contribution < 1.29 is 5.11 Å². The molecular weight excluding hydrogens is 228 g/mol. The van der Waals surface area contributed by atoms with Crippen LogP contribution >= 0.6 is 0 Å². The minimum Gasteiger partial charge on any atom is -0.396 e. The molecule has 0 unspecified atom stereocenters. The Kier molecular flexibility index (Phi) is 5.34. The molecule has 0 bridgehead atoms. The first-order chi connectivity index (χ1) is 8.50. The first kappa shape index (κ1) is 14.7. The van der Waals surface area contributed by atoms with Crippen LogP contribution in [0, 0.1) is 5.41 Å². The number of nitrogen functional groups attached to an aromatic ring is 1. The van der Waals surface area contributed by atoms with Gasteiger partial charge in [0.2, 0.25) is 0 Å². The molecule has 0 saturated heterocycles. The van der Waals surface area contributed by atoms with E-state index < -0.39 is 0 Å². The average molecular weight is 252 g/mol. The van der Waals surface area contributed by atoms with Gasteiger partial charge in [0.25, 0.3) is 0 Å². The van der Waals surface area contributed by atoms with Gasteiger partial charge in [-0.25, -0.2) is 9.97 Å². The Hall–Kier alpha value is -1.36. The molecule has 102 valence electrons. The van der Waals surface area contributed by atoms with Gasteiger partial charge in [-0.1, -0.05) is 20.8 Å². The van der Waals surface area contributed by atoms with E-state index in [1.807, 2.05) is 6.92 Å². The zero-order valence-electron chi connectivity index (χ0n) is 11.5. The summed E-state index contributed by atoms with van der Waals surface area (Å²) < 4.78 is 0. The maximum absolute atomic E-state index is 8.88. The number of nitrogens with zero attached hydrogens (tertiary/aromatic N) is 2. The van der Waals surface area contributed by atoms with Gasteiger partial charge < -0.3 is 16.2 Å². The van der Waals surface area contributed by atoms with Gasteiger partial charge in [-0.3, -0.25) is 0 Å². The normalized spacial score (nSPS) is 11.6. The van der Waals surface area contributed by atoms with Crippen LogP contribution < -0.4 is 11.1 Å². The molecule has 0 aliphatic heterocycles. The molecule has 0 aliphatic carbocycles. The fraction of sp³-hybridized carbons (Fsp3) is 0.692. The lowest BCUT2D eigenvalue weighted by Gasteiger charge is -2.25. The standard InChI is InChI=1S/C13H24N4O/c1-4-10-11(14)16-9-17-12(10)15-8-13(2,3)6-5-7-18/h9,18H,4-8H2,1-3H3,(H3,14,15,16,17). The molecule has 0 radical (unpaired) electrons. The molecule has 4 N–H and O–H groups in total. The van der Waals surface area contributed by atoms with Crippen LogP contribution in [-0.4, -0.2) is 28.2 Å². The van der Waals surface area contributed by atoms with Gasteiger partial charge in [0.05, 0.1) is 0 Å². The number of anilines is 2. The van der Waals surface area contributed by atoms with Gasteiger partial charge in [-0.15, -0.1) is 0 Å². The van der Waals surface area contributed by atoms with E-state index in [9.17, 15) is 0 Å². The van der Waals surface area contributed by atoms with Crippen LogP contribution in [0.2, 0.25) is 0 Å². The molecule has 0 saturated carbocycles. The second-order valence-electron chi connectivity index (χ2n) is 5.28. The fourth-order valence-corrected chi connectivity index (χ4v) is 1.90. The van der Waals surface area contributed by atoms with Crippen molar-refractivity contribution in [3.63, 3.8) is 0 Å². The molecule has 0 fully saturated rings. The van der Waals surface area contributed by atoms with Crippen molar-refractivity contribution in [1.82, 2.24) is 9.97 Å². The maximum atomic E-state index is 8.88. The summed E-state index contributed by atoms with van der Waals surface area (Å²) in [6.45, 7) is 7.43. The highest BCUT2D eigenvalue weighted by molar-refractivity contribution is 5.54. The lowest BCUT2D eigenvalue weighted by Crippen LogP contribution is -2.24. The zero-order chi connectivity index (χ0) is 13.6. The Bertz CT molecular complexity index is 379.